The summed E-state index contributed by atoms with van der Waals surface area (Å²) in [5.41, 5.74) is 2.70. The Morgan fingerprint density at radius 2 is 2.14 bits per heavy atom. The van der Waals surface area contributed by atoms with E-state index in [0.717, 1.165) is 29.9 Å². The zero-order valence-corrected chi connectivity index (χ0v) is 12.2. The third kappa shape index (κ3) is 3.75. The quantitative estimate of drug-likeness (QED) is 0.651. The minimum atomic E-state index is -0.358. The van der Waals surface area contributed by atoms with Gasteiger partial charge < -0.3 is 5.32 Å². The van der Waals surface area contributed by atoms with Gasteiger partial charge in [-0.05, 0) is 18.9 Å². The fraction of sp³-hybridized carbons (Fsp3) is 0.333. The highest BCUT2D eigenvalue weighted by Crippen LogP contribution is 2.21. The van der Waals surface area contributed by atoms with E-state index in [2.05, 4.69) is 22.2 Å². The van der Waals surface area contributed by atoms with Gasteiger partial charge in [0.2, 0.25) is 0 Å². The van der Waals surface area contributed by atoms with Crippen molar-refractivity contribution >= 4 is 11.5 Å². The summed E-state index contributed by atoms with van der Waals surface area (Å²) < 4.78 is 0. The first-order valence-corrected chi connectivity index (χ1v) is 6.89. The van der Waals surface area contributed by atoms with Crippen molar-refractivity contribution in [3.05, 3.63) is 57.5 Å². The first-order chi connectivity index (χ1) is 10.1. The first-order valence-electron chi connectivity index (χ1n) is 6.89. The number of hydrogen-bond acceptors (Lipinski definition) is 5. The second-order valence-corrected chi connectivity index (χ2v) is 4.82. The second kappa shape index (κ2) is 6.78. The molecule has 21 heavy (non-hydrogen) atoms. The van der Waals surface area contributed by atoms with Crippen LogP contribution in [-0.2, 0) is 13.0 Å². The SMILES string of the molecule is CCCc1cc(NCc2cccc([N+](=O)[O-])c2C)ncn1. The number of nitrogens with one attached hydrogen (secondary N) is 1. The molecule has 1 heterocycles. The van der Waals surface area contributed by atoms with E-state index < -0.39 is 0 Å². The minimum absolute atomic E-state index is 0.142. The highest BCUT2D eigenvalue weighted by molar-refractivity contribution is 5.46. The summed E-state index contributed by atoms with van der Waals surface area (Å²) in [6, 6.07) is 7.01. The highest BCUT2D eigenvalue weighted by Gasteiger charge is 2.12. The van der Waals surface area contributed by atoms with Crippen LogP contribution in [0.4, 0.5) is 11.5 Å². The molecule has 6 heteroatoms. The molecule has 0 spiro atoms. The number of aryl methyl sites for hydroxylation is 1. The van der Waals surface area contributed by atoms with Gasteiger partial charge in [0.15, 0.2) is 0 Å². The largest absolute Gasteiger partial charge is 0.366 e. The summed E-state index contributed by atoms with van der Waals surface area (Å²) in [5, 5.41) is 14.1. The van der Waals surface area contributed by atoms with Crippen molar-refractivity contribution in [2.45, 2.75) is 33.2 Å². The van der Waals surface area contributed by atoms with Gasteiger partial charge in [-0.3, -0.25) is 10.1 Å². The molecule has 0 atom stereocenters. The lowest BCUT2D eigenvalue weighted by Gasteiger charge is -2.09. The Morgan fingerprint density at radius 3 is 2.86 bits per heavy atom. The predicted octanol–water partition coefficient (Wildman–Crippen LogP) is 3.26. The van der Waals surface area contributed by atoms with Gasteiger partial charge in [-0.2, -0.15) is 0 Å². The molecule has 2 aromatic rings. The average molecular weight is 286 g/mol. The normalized spacial score (nSPS) is 10.4. The van der Waals surface area contributed by atoms with Crippen molar-refractivity contribution in [2.75, 3.05) is 5.32 Å². The molecular formula is C15H18N4O2. The van der Waals surface area contributed by atoms with Crippen LogP contribution in [0, 0.1) is 17.0 Å². The number of hydrogen-bond donors (Lipinski definition) is 1. The summed E-state index contributed by atoms with van der Waals surface area (Å²) in [7, 11) is 0. The number of benzene rings is 1. The Kier molecular flexibility index (Phi) is 4.81. The Morgan fingerprint density at radius 1 is 1.33 bits per heavy atom. The van der Waals surface area contributed by atoms with Crippen molar-refractivity contribution < 1.29 is 4.92 Å². The van der Waals surface area contributed by atoms with E-state index in [1.165, 1.54) is 12.4 Å². The number of rotatable bonds is 6. The van der Waals surface area contributed by atoms with Gasteiger partial charge in [-0.25, -0.2) is 9.97 Å². The van der Waals surface area contributed by atoms with Crippen LogP contribution >= 0.6 is 0 Å². The van der Waals surface area contributed by atoms with Crippen LogP contribution in [0.5, 0.6) is 0 Å². The van der Waals surface area contributed by atoms with Gasteiger partial charge in [0, 0.05) is 29.9 Å². The fourth-order valence-electron chi connectivity index (χ4n) is 2.13. The lowest BCUT2D eigenvalue weighted by Crippen LogP contribution is -2.05. The third-order valence-corrected chi connectivity index (χ3v) is 3.30. The third-order valence-electron chi connectivity index (χ3n) is 3.30. The smallest absolute Gasteiger partial charge is 0.272 e. The first kappa shape index (κ1) is 14.9. The zero-order valence-electron chi connectivity index (χ0n) is 12.2. The van der Waals surface area contributed by atoms with Crippen molar-refractivity contribution in [3.8, 4) is 0 Å². The molecule has 0 aliphatic carbocycles. The Bertz CT molecular complexity index is 643. The zero-order chi connectivity index (χ0) is 15.2. The molecule has 0 radical (unpaired) electrons. The van der Waals surface area contributed by atoms with Gasteiger partial charge in [0.05, 0.1) is 4.92 Å². The molecule has 0 saturated carbocycles. The standard InChI is InChI=1S/C15H18N4O2/c1-3-5-13-8-15(18-10-17-13)16-9-12-6-4-7-14(11(12)2)19(20)21/h4,6-8,10H,3,5,9H2,1-2H3,(H,16,17,18). The molecule has 110 valence electrons. The van der Waals surface area contributed by atoms with E-state index in [0.29, 0.717) is 12.1 Å². The number of aromatic nitrogens is 2. The number of nitro benzene ring substituents is 1. The maximum Gasteiger partial charge on any atom is 0.272 e. The maximum absolute atomic E-state index is 10.9. The summed E-state index contributed by atoms with van der Waals surface area (Å²) in [6.45, 7) is 4.36. The molecular weight excluding hydrogens is 268 g/mol. The predicted molar refractivity (Wildman–Crippen MR) is 81.2 cm³/mol. The molecule has 1 aromatic heterocycles. The Labute approximate surface area is 123 Å². The number of nitro groups is 1. The number of nitrogens with zero attached hydrogens (tertiary/aromatic N) is 3. The molecule has 0 unspecified atom stereocenters. The van der Waals surface area contributed by atoms with Crippen LogP contribution in [-0.4, -0.2) is 14.9 Å². The van der Waals surface area contributed by atoms with Crippen molar-refractivity contribution in [1.82, 2.24) is 9.97 Å². The minimum Gasteiger partial charge on any atom is -0.366 e. The van der Waals surface area contributed by atoms with E-state index >= 15 is 0 Å². The summed E-state index contributed by atoms with van der Waals surface area (Å²) in [6.07, 6.45) is 3.47. The topological polar surface area (TPSA) is 81.0 Å². The van der Waals surface area contributed by atoms with Crippen molar-refractivity contribution in [1.29, 1.82) is 0 Å². The highest BCUT2D eigenvalue weighted by atomic mass is 16.6. The monoisotopic (exact) mass is 286 g/mol. The second-order valence-electron chi connectivity index (χ2n) is 4.82. The molecule has 1 N–H and O–H groups in total. The van der Waals surface area contributed by atoms with Gasteiger partial charge in [0.1, 0.15) is 12.1 Å². The van der Waals surface area contributed by atoms with Crippen LogP contribution in [0.3, 0.4) is 0 Å². The average Bonchev–Trinajstić information content (AvgIpc) is 2.46. The fourth-order valence-corrected chi connectivity index (χ4v) is 2.13. The van der Waals surface area contributed by atoms with Gasteiger partial charge in [-0.15, -0.1) is 0 Å². The molecule has 0 bridgehead atoms. The lowest BCUT2D eigenvalue weighted by atomic mass is 10.1. The molecule has 0 amide bonds. The van der Waals surface area contributed by atoms with Crippen molar-refractivity contribution in [2.24, 2.45) is 0 Å². The van der Waals surface area contributed by atoms with E-state index in [1.807, 2.05) is 12.1 Å². The van der Waals surface area contributed by atoms with Gasteiger partial charge >= 0.3 is 0 Å². The van der Waals surface area contributed by atoms with E-state index in [1.54, 1.807) is 13.0 Å². The van der Waals surface area contributed by atoms with Crippen LogP contribution in [0.25, 0.3) is 0 Å². The Balaban J connectivity index is 2.11. The van der Waals surface area contributed by atoms with Gasteiger partial charge in [-0.1, -0.05) is 25.5 Å². The summed E-state index contributed by atoms with van der Waals surface area (Å²) in [5.74, 6) is 0.736. The molecule has 2 rings (SSSR count). The van der Waals surface area contributed by atoms with E-state index in [4.69, 9.17) is 0 Å². The molecule has 6 nitrogen and oxygen atoms in total. The van der Waals surface area contributed by atoms with Crippen LogP contribution < -0.4 is 5.32 Å². The van der Waals surface area contributed by atoms with E-state index in [9.17, 15) is 10.1 Å². The molecule has 0 saturated heterocycles. The number of anilines is 1. The molecule has 0 aliphatic heterocycles. The van der Waals surface area contributed by atoms with Gasteiger partial charge in [0.25, 0.3) is 5.69 Å². The molecule has 0 fully saturated rings. The molecule has 0 aliphatic rings. The lowest BCUT2D eigenvalue weighted by molar-refractivity contribution is -0.385. The maximum atomic E-state index is 10.9. The van der Waals surface area contributed by atoms with Crippen LogP contribution in [0.1, 0.15) is 30.2 Å². The Hall–Kier alpha value is -2.50. The van der Waals surface area contributed by atoms with Crippen LogP contribution in [0.2, 0.25) is 0 Å². The summed E-state index contributed by atoms with van der Waals surface area (Å²) >= 11 is 0. The molecule has 1 aromatic carbocycles. The van der Waals surface area contributed by atoms with Crippen LogP contribution in [0.15, 0.2) is 30.6 Å². The van der Waals surface area contributed by atoms with E-state index in [-0.39, 0.29) is 10.6 Å². The summed E-state index contributed by atoms with van der Waals surface area (Å²) in [4.78, 5) is 18.9. The van der Waals surface area contributed by atoms with Crippen molar-refractivity contribution in [3.63, 3.8) is 0 Å².